The maximum absolute atomic E-state index is 3.74. The first-order valence-corrected chi connectivity index (χ1v) is 8.87. The van der Waals surface area contributed by atoms with Crippen LogP contribution in [0.4, 0.5) is 0 Å². The molecule has 0 saturated heterocycles. The summed E-state index contributed by atoms with van der Waals surface area (Å²) >= 11 is 0. The molecule has 1 saturated carbocycles. The molecule has 0 spiro atoms. The molecule has 1 aliphatic rings. The molecular formula is C18H38N2. The van der Waals surface area contributed by atoms with Crippen molar-refractivity contribution in [2.24, 2.45) is 17.3 Å². The van der Waals surface area contributed by atoms with Gasteiger partial charge in [0, 0.05) is 19.1 Å². The van der Waals surface area contributed by atoms with Gasteiger partial charge in [-0.3, -0.25) is 0 Å². The molecule has 2 heteroatoms. The van der Waals surface area contributed by atoms with Crippen LogP contribution in [-0.4, -0.2) is 37.1 Å². The van der Waals surface area contributed by atoms with Crippen LogP contribution in [0, 0.1) is 17.3 Å². The van der Waals surface area contributed by atoms with Crippen molar-refractivity contribution < 1.29 is 0 Å². The van der Waals surface area contributed by atoms with Gasteiger partial charge < -0.3 is 10.2 Å². The lowest BCUT2D eigenvalue weighted by molar-refractivity contribution is 0.0966. The molecular weight excluding hydrogens is 244 g/mol. The van der Waals surface area contributed by atoms with E-state index in [1.54, 1.807) is 0 Å². The second-order valence-electron chi connectivity index (χ2n) is 7.70. The Balaban J connectivity index is 2.62. The Hall–Kier alpha value is -0.0800. The predicted molar refractivity (Wildman–Crippen MR) is 90.2 cm³/mol. The second-order valence-corrected chi connectivity index (χ2v) is 7.70. The smallest absolute Gasteiger partial charge is 0.0108 e. The van der Waals surface area contributed by atoms with Crippen molar-refractivity contribution in [1.29, 1.82) is 0 Å². The molecule has 0 aromatic carbocycles. The summed E-state index contributed by atoms with van der Waals surface area (Å²) in [4.78, 5) is 2.69. The highest BCUT2D eigenvalue weighted by Gasteiger charge is 2.35. The number of hydrogen-bond donors (Lipinski definition) is 1. The largest absolute Gasteiger partial charge is 0.314 e. The van der Waals surface area contributed by atoms with Crippen molar-refractivity contribution in [3.05, 3.63) is 0 Å². The predicted octanol–water partition coefficient (Wildman–Crippen LogP) is 4.16. The van der Waals surface area contributed by atoms with Crippen LogP contribution in [0.1, 0.15) is 67.2 Å². The van der Waals surface area contributed by atoms with Gasteiger partial charge in [0.05, 0.1) is 0 Å². The number of rotatable bonds is 8. The van der Waals surface area contributed by atoms with Crippen LogP contribution in [0.3, 0.4) is 0 Å². The van der Waals surface area contributed by atoms with E-state index in [2.05, 4.69) is 51.8 Å². The van der Waals surface area contributed by atoms with Crippen molar-refractivity contribution in [3.63, 3.8) is 0 Å². The third-order valence-corrected chi connectivity index (χ3v) is 5.19. The van der Waals surface area contributed by atoms with Crippen molar-refractivity contribution in [3.8, 4) is 0 Å². The van der Waals surface area contributed by atoms with Gasteiger partial charge in [0.25, 0.3) is 0 Å². The molecule has 1 rings (SSSR count). The lowest BCUT2D eigenvalue weighted by Crippen LogP contribution is -2.48. The zero-order valence-electron chi connectivity index (χ0n) is 14.8. The van der Waals surface area contributed by atoms with E-state index < -0.39 is 0 Å². The van der Waals surface area contributed by atoms with E-state index in [9.17, 15) is 0 Å². The van der Waals surface area contributed by atoms with Crippen molar-refractivity contribution in [1.82, 2.24) is 10.2 Å². The summed E-state index contributed by atoms with van der Waals surface area (Å²) < 4.78 is 0. The summed E-state index contributed by atoms with van der Waals surface area (Å²) in [6.45, 7) is 19.0. The van der Waals surface area contributed by atoms with E-state index in [1.807, 2.05) is 0 Å². The fraction of sp³-hybridized carbons (Fsp3) is 1.00. The van der Waals surface area contributed by atoms with Gasteiger partial charge >= 0.3 is 0 Å². The number of nitrogens with zero attached hydrogens (tertiary/aromatic N) is 1. The van der Waals surface area contributed by atoms with E-state index in [-0.39, 0.29) is 0 Å². The Bertz CT molecular complexity index is 262. The van der Waals surface area contributed by atoms with Gasteiger partial charge in [-0.25, -0.2) is 0 Å². The molecule has 20 heavy (non-hydrogen) atoms. The minimum atomic E-state index is 0.534. The minimum Gasteiger partial charge on any atom is -0.314 e. The topological polar surface area (TPSA) is 15.3 Å². The Morgan fingerprint density at radius 2 is 1.95 bits per heavy atom. The van der Waals surface area contributed by atoms with Crippen molar-refractivity contribution >= 4 is 0 Å². The first-order chi connectivity index (χ1) is 9.41. The van der Waals surface area contributed by atoms with E-state index in [1.165, 1.54) is 45.3 Å². The van der Waals surface area contributed by atoms with Crippen LogP contribution in [0.5, 0.6) is 0 Å². The van der Waals surface area contributed by atoms with Crippen LogP contribution >= 0.6 is 0 Å². The quantitative estimate of drug-likeness (QED) is 0.719. The van der Waals surface area contributed by atoms with Gasteiger partial charge in [-0.15, -0.1) is 0 Å². The molecule has 3 atom stereocenters. The fourth-order valence-electron chi connectivity index (χ4n) is 3.69. The number of hydrogen-bond acceptors (Lipinski definition) is 2. The molecule has 120 valence electrons. The van der Waals surface area contributed by atoms with Gasteiger partial charge in [-0.2, -0.15) is 0 Å². The molecule has 0 aromatic rings. The molecule has 0 aliphatic heterocycles. The van der Waals surface area contributed by atoms with Gasteiger partial charge in [-0.1, -0.05) is 48.0 Å². The highest BCUT2D eigenvalue weighted by atomic mass is 15.1. The summed E-state index contributed by atoms with van der Waals surface area (Å²) in [7, 11) is 0. The molecule has 0 heterocycles. The summed E-state index contributed by atoms with van der Waals surface area (Å²) in [6.07, 6.45) is 5.40. The van der Waals surface area contributed by atoms with Crippen LogP contribution in [0.15, 0.2) is 0 Å². The third kappa shape index (κ3) is 5.73. The summed E-state index contributed by atoms with van der Waals surface area (Å²) in [5.74, 6) is 1.65. The molecule has 3 unspecified atom stereocenters. The summed E-state index contributed by atoms with van der Waals surface area (Å²) in [6, 6.07) is 0.735. The minimum absolute atomic E-state index is 0.534. The molecule has 1 fully saturated rings. The van der Waals surface area contributed by atoms with Crippen LogP contribution in [-0.2, 0) is 0 Å². The van der Waals surface area contributed by atoms with Gasteiger partial charge in [-0.05, 0) is 49.6 Å². The molecule has 2 nitrogen and oxygen atoms in total. The van der Waals surface area contributed by atoms with Crippen molar-refractivity contribution in [2.45, 2.75) is 73.3 Å². The average molecular weight is 283 g/mol. The second kappa shape index (κ2) is 8.38. The number of nitrogens with one attached hydrogen (secondary N) is 1. The molecule has 0 aromatic heterocycles. The van der Waals surface area contributed by atoms with E-state index >= 15 is 0 Å². The SMILES string of the molecule is CCNC1CCC(C)(C)CC1CN(CC)CC(C)CC. The Morgan fingerprint density at radius 3 is 2.50 bits per heavy atom. The monoisotopic (exact) mass is 282 g/mol. The molecule has 0 amide bonds. The summed E-state index contributed by atoms with van der Waals surface area (Å²) in [5, 5.41) is 3.74. The first-order valence-electron chi connectivity index (χ1n) is 8.87. The molecule has 0 bridgehead atoms. The maximum Gasteiger partial charge on any atom is 0.0108 e. The van der Waals surface area contributed by atoms with Gasteiger partial charge in [0.1, 0.15) is 0 Å². The first kappa shape index (κ1) is 18.0. The van der Waals surface area contributed by atoms with Crippen LogP contribution in [0.25, 0.3) is 0 Å². The average Bonchev–Trinajstić information content (AvgIpc) is 2.40. The lowest BCUT2D eigenvalue weighted by atomic mass is 9.69. The zero-order valence-corrected chi connectivity index (χ0v) is 14.8. The maximum atomic E-state index is 3.74. The molecule has 1 aliphatic carbocycles. The normalized spacial score (nSPS) is 27.8. The highest BCUT2D eigenvalue weighted by Crippen LogP contribution is 2.39. The van der Waals surface area contributed by atoms with Crippen molar-refractivity contribution in [2.75, 3.05) is 26.2 Å². The Labute approximate surface area is 127 Å². The van der Waals surface area contributed by atoms with E-state index in [0.717, 1.165) is 24.4 Å². The van der Waals surface area contributed by atoms with Crippen LogP contribution < -0.4 is 5.32 Å². The standard InChI is InChI=1S/C18H38N2/c1-7-15(4)13-20(9-3)14-16-12-18(5,6)11-10-17(16)19-8-2/h15-17,19H,7-14H2,1-6H3. The molecule has 0 radical (unpaired) electrons. The van der Waals surface area contributed by atoms with E-state index in [4.69, 9.17) is 0 Å². The molecule has 1 N–H and O–H groups in total. The third-order valence-electron chi connectivity index (χ3n) is 5.19. The van der Waals surface area contributed by atoms with Gasteiger partial charge in [0.2, 0.25) is 0 Å². The Morgan fingerprint density at radius 1 is 1.25 bits per heavy atom. The summed E-state index contributed by atoms with van der Waals surface area (Å²) in [5.41, 5.74) is 0.534. The van der Waals surface area contributed by atoms with Crippen LogP contribution in [0.2, 0.25) is 0 Å². The van der Waals surface area contributed by atoms with E-state index in [0.29, 0.717) is 5.41 Å². The zero-order chi connectivity index (χ0) is 15.2. The highest BCUT2D eigenvalue weighted by molar-refractivity contribution is 4.90. The van der Waals surface area contributed by atoms with Gasteiger partial charge in [0.15, 0.2) is 0 Å². The fourth-order valence-corrected chi connectivity index (χ4v) is 3.69. The lowest BCUT2D eigenvalue weighted by Gasteiger charge is -2.43. The Kier molecular flexibility index (Phi) is 7.53.